The number of nitrogens with zero attached hydrogens (tertiary/aromatic N) is 2. The molecular weight excluding hydrogens is 322 g/mol. The van der Waals surface area contributed by atoms with Gasteiger partial charge in [0, 0.05) is 16.9 Å². The predicted molar refractivity (Wildman–Crippen MR) is 67.3 cm³/mol. The van der Waals surface area contributed by atoms with Crippen molar-refractivity contribution in [3.63, 3.8) is 0 Å². The largest absolute Gasteiger partial charge is 0.485 e. The van der Waals surface area contributed by atoms with Crippen LogP contribution >= 0.6 is 15.9 Å². The first-order valence-corrected chi connectivity index (χ1v) is 6.08. The van der Waals surface area contributed by atoms with Crippen LogP contribution in [0, 0.1) is 0 Å². The molecule has 0 unspecified atom stereocenters. The third-order valence-electron chi connectivity index (χ3n) is 2.41. The predicted octanol–water partition coefficient (Wildman–Crippen LogP) is 3.43. The van der Waals surface area contributed by atoms with Crippen molar-refractivity contribution in [3.05, 3.63) is 46.5 Å². The van der Waals surface area contributed by atoms with E-state index in [-0.39, 0.29) is 12.4 Å². The average Bonchev–Trinajstić information content (AvgIpc) is 2.85. The van der Waals surface area contributed by atoms with Crippen LogP contribution < -0.4 is 4.74 Å². The van der Waals surface area contributed by atoms with Crippen LogP contribution in [0.1, 0.15) is 22.7 Å². The number of aromatic nitrogens is 2. The van der Waals surface area contributed by atoms with Gasteiger partial charge in [-0.3, -0.25) is 9.36 Å². The van der Waals surface area contributed by atoms with Gasteiger partial charge >= 0.3 is 6.55 Å². The number of carbonyl (C=O) groups excluding carboxylic acids is 1. The molecule has 1 aromatic heterocycles. The van der Waals surface area contributed by atoms with Crippen molar-refractivity contribution in [2.45, 2.75) is 13.2 Å². The lowest BCUT2D eigenvalue weighted by atomic mass is 10.2. The number of hydrogen-bond donors (Lipinski definition) is 0. The van der Waals surface area contributed by atoms with Crippen LogP contribution in [0.2, 0.25) is 0 Å². The minimum atomic E-state index is -2.67. The van der Waals surface area contributed by atoms with Crippen LogP contribution in [0.5, 0.6) is 5.75 Å². The Balaban J connectivity index is 2.14. The second-order valence-electron chi connectivity index (χ2n) is 3.62. The number of halogens is 3. The summed E-state index contributed by atoms with van der Waals surface area (Å²) >= 11 is 3.23. The van der Waals surface area contributed by atoms with Crippen molar-refractivity contribution in [2.75, 3.05) is 0 Å². The summed E-state index contributed by atoms with van der Waals surface area (Å²) in [6.45, 7) is -2.81. The van der Waals surface area contributed by atoms with Crippen molar-refractivity contribution < 1.29 is 18.3 Å². The summed E-state index contributed by atoms with van der Waals surface area (Å²) in [5, 5.41) is 0. The molecule has 0 aliphatic carbocycles. The summed E-state index contributed by atoms with van der Waals surface area (Å²) in [5.74, 6) is 0.414. The van der Waals surface area contributed by atoms with Crippen molar-refractivity contribution in [1.29, 1.82) is 0 Å². The van der Waals surface area contributed by atoms with Gasteiger partial charge in [-0.2, -0.15) is 8.78 Å². The number of alkyl halides is 2. The highest BCUT2D eigenvalue weighted by Gasteiger charge is 2.12. The standard InChI is InChI=1S/C12H9BrF2N2O2/c13-9-1-2-10(8(5-9)6-18)19-7-11-16-3-4-17(11)12(14)15/h1-6,12H,7H2. The van der Waals surface area contributed by atoms with Gasteiger partial charge in [-0.05, 0) is 18.2 Å². The number of rotatable bonds is 5. The quantitative estimate of drug-likeness (QED) is 0.789. The Labute approximate surface area is 116 Å². The summed E-state index contributed by atoms with van der Waals surface area (Å²) in [5.41, 5.74) is 0.338. The Bertz CT molecular complexity index is 587. The topological polar surface area (TPSA) is 44.1 Å². The molecule has 0 fully saturated rings. The lowest BCUT2D eigenvalue weighted by Gasteiger charge is -2.10. The Morgan fingerprint density at radius 3 is 2.95 bits per heavy atom. The van der Waals surface area contributed by atoms with Gasteiger partial charge in [-0.15, -0.1) is 0 Å². The van der Waals surface area contributed by atoms with Crippen LogP contribution in [0.25, 0.3) is 0 Å². The van der Waals surface area contributed by atoms with E-state index in [1.54, 1.807) is 18.2 Å². The molecule has 2 aromatic rings. The van der Waals surface area contributed by atoms with Crippen molar-refractivity contribution >= 4 is 22.2 Å². The third-order valence-corrected chi connectivity index (χ3v) is 2.91. The van der Waals surface area contributed by atoms with Gasteiger partial charge in [-0.1, -0.05) is 15.9 Å². The number of hydrogen-bond acceptors (Lipinski definition) is 3. The Morgan fingerprint density at radius 2 is 2.26 bits per heavy atom. The smallest absolute Gasteiger partial charge is 0.320 e. The lowest BCUT2D eigenvalue weighted by Crippen LogP contribution is -2.08. The molecule has 0 radical (unpaired) electrons. The summed E-state index contributed by atoms with van der Waals surface area (Å²) in [7, 11) is 0. The van der Waals surface area contributed by atoms with Crippen molar-refractivity contribution in [3.8, 4) is 5.75 Å². The van der Waals surface area contributed by atoms with E-state index in [1.807, 2.05) is 0 Å². The monoisotopic (exact) mass is 330 g/mol. The molecule has 0 atom stereocenters. The van der Waals surface area contributed by atoms with E-state index in [9.17, 15) is 13.6 Å². The number of imidazole rings is 1. The molecule has 1 aromatic carbocycles. The van der Waals surface area contributed by atoms with Gasteiger partial charge in [0.2, 0.25) is 0 Å². The van der Waals surface area contributed by atoms with Gasteiger partial charge in [0.15, 0.2) is 12.1 Å². The normalized spacial score (nSPS) is 10.7. The van der Waals surface area contributed by atoms with E-state index in [2.05, 4.69) is 20.9 Å². The fourth-order valence-electron chi connectivity index (χ4n) is 1.52. The van der Waals surface area contributed by atoms with E-state index in [0.29, 0.717) is 22.2 Å². The Hall–Kier alpha value is -1.76. The zero-order valence-electron chi connectivity index (χ0n) is 9.59. The van der Waals surface area contributed by atoms with Gasteiger partial charge < -0.3 is 4.74 Å². The van der Waals surface area contributed by atoms with Crippen LogP contribution in [0.15, 0.2) is 35.1 Å². The zero-order chi connectivity index (χ0) is 13.8. The van der Waals surface area contributed by atoms with E-state index in [0.717, 1.165) is 4.47 Å². The maximum Gasteiger partial charge on any atom is 0.320 e. The molecule has 1 heterocycles. The molecule has 0 N–H and O–H groups in total. The van der Waals surface area contributed by atoms with Crippen molar-refractivity contribution in [2.24, 2.45) is 0 Å². The van der Waals surface area contributed by atoms with Crippen LogP contribution in [-0.4, -0.2) is 15.8 Å². The highest BCUT2D eigenvalue weighted by atomic mass is 79.9. The molecule has 0 spiro atoms. The highest BCUT2D eigenvalue weighted by Crippen LogP contribution is 2.23. The SMILES string of the molecule is O=Cc1cc(Br)ccc1OCc1nccn1C(F)F. The number of aldehydes is 1. The fraction of sp³-hybridized carbons (Fsp3) is 0.167. The van der Waals surface area contributed by atoms with Crippen LogP contribution in [-0.2, 0) is 6.61 Å². The minimum absolute atomic E-state index is 0.0924. The molecule has 0 aliphatic heterocycles. The second kappa shape index (κ2) is 5.92. The Morgan fingerprint density at radius 1 is 1.47 bits per heavy atom. The molecule has 4 nitrogen and oxygen atoms in total. The van der Waals surface area contributed by atoms with Crippen LogP contribution in [0.4, 0.5) is 8.78 Å². The fourth-order valence-corrected chi connectivity index (χ4v) is 1.90. The second-order valence-corrected chi connectivity index (χ2v) is 4.53. The first-order valence-electron chi connectivity index (χ1n) is 5.29. The first kappa shape index (κ1) is 13.7. The average molecular weight is 331 g/mol. The van der Waals surface area contributed by atoms with E-state index < -0.39 is 6.55 Å². The van der Waals surface area contributed by atoms with E-state index in [1.165, 1.54) is 12.4 Å². The van der Waals surface area contributed by atoms with Crippen molar-refractivity contribution in [1.82, 2.24) is 9.55 Å². The first-order chi connectivity index (χ1) is 9.11. The van der Waals surface area contributed by atoms with E-state index in [4.69, 9.17) is 4.74 Å². The molecule has 19 heavy (non-hydrogen) atoms. The van der Waals surface area contributed by atoms with Gasteiger partial charge in [-0.25, -0.2) is 4.98 Å². The highest BCUT2D eigenvalue weighted by molar-refractivity contribution is 9.10. The molecule has 0 amide bonds. The molecule has 7 heteroatoms. The Kier molecular flexibility index (Phi) is 4.26. The minimum Gasteiger partial charge on any atom is -0.485 e. The molecule has 0 bridgehead atoms. The molecule has 0 saturated heterocycles. The molecular formula is C12H9BrF2N2O2. The van der Waals surface area contributed by atoms with Gasteiger partial charge in [0.05, 0.1) is 5.56 Å². The number of benzene rings is 1. The summed E-state index contributed by atoms with van der Waals surface area (Å²) in [6.07, 6.45) is 3.08. The van der Waals surface area contributed by atoms with Gasteiger partial charge in [0.25, 0.3) is 0 Å². The number of carbonyl (C=O) groups is 1. The van der Waals surface area contributed by atoms with Crippen LogP contribution in [0.3, 0.4) is 0 Å². The maximum absolute atomic E-state index is 12.6. The summed E-state index contributed by atoms with van der Waals surface area (Å²) in [6, 6.07) is 4.87. The van der Waals surface area contributed by atoms with Gasteiger partial charge in [0.1, 0.15) is 12.4 Å². The summed E-state index contributed by atoms with van der Waals surface area (Å²) < 4.78 is 32.0. The molecule has 0 aliphatic rings. The third kappa shape index (κ3) is 3.17. The number of ether oxygens (including phenoxy) is 1. The lowest BCUT2D eigenvalue weighted by molar-refractivity contribution is 0.0631. The molecule has 0 saturated carbocycles. The van der Waals surface area contributed by atoms with E-state index >= 15 is 0 Å². The summed E-state index contributed by atoms with van der Waals surface area (Å²) in [4.78, 5) is 14.7. The maximum atomic E-state index is 12.6. The zero-order valence-corrected chi connectivity index (χ0v) is 11.2. The molecule has 100 valence electrons. The molecule has 2 rings (SSSR count).